The summed E-state index contributed by atoms with van der Waals surface area (Å²) in [5.41, 5.74) is 0.753. The van der Waals surface area contributed by atoms with Crippen LogP contribution in [0, 0.1) is 6.92 Å². The maximum absolute atomic E-state index is 12.7. The Morgan fingerprint density at radius 1 is 1.00 bits per heavy atom. The van der Waals surface area contributed by atoms with Gasteiger partial charge in [-0.1, -0.05) is 6.07 Å². The van der Waals surface area contributed by atoms with Crippen molar-refractivity contribution in [3.63, 3.8) is 0 Å². The largest absolute Gasteiger partial charge is 0.416 e. The highest BCUT2D eigenvalue weighted by molar-refractivity contribution is 6.06. The monoisotopic (exact) mass is 459 g/mol. The molecule has 0 atom stereocenters. The Hall–Kier alpha value is -3.99. The molecule has 3 rings (SSSR count). The van der Waals surface area contributed by atoms with Gasteiger partial charge in [-0.2, -0.15) is 18.2 Å². The number of carbonyl (C=O) groups excluding carboxylic acids is 2. The molecule has 3 aromatic rings. The number of amides is 3. The summed E-state index contributed by atoms with van der Waals surface area (Å²) in [4.78, 5) is 34.7. The lowest BCUT2D eigenvalue weighted by Crippen LogP contribution is -2.73. The van der Waals surface area contributed by atoms with Crippen LogP contribution in [0.2, 0.25) is 0 Å². The number of benzene rings is 2. The summed E-state index contributed by atoms with van der Waals surface area (Å²) in [7, 11) is 3.37. The Bertz CT molecular complexity index is 1170. The maximum atomic E-state index is 12.7. The van der Waals surface area contributed by atoms with Gasteiger partial charge in [0.15, 0.2) is 0 Å². The molecule has 4 N–H and O–H groups in total. The number of nitrogens with one attached hydrogen (secondary N) is 2. The Balaban J connectivity index is 1.73. The normalized spacial score (nSPS) is 11.1. The second-order valence-corrected chi connectivity index (χ2v) is 7.14. The van der Waals surface area contributed by atoms with E-state index in [0.717, 1.165) is 12.1 Å². The van der Waals surface area contributed by atoms with Gasteiger partial charge >= 0.3 is 12.2 Å². The SMILES string of the molecule is C[NH2+]c1cc(N(C)C(=O)Nc2cc(C(=O)Nc3ccc(C(F)(F)F)cc3)ccc2C)ncn1. The van der Waals surface area contributed by atoms with E-state index in [4.69, 9.17) is 0 Å². The fourth-order valence-corrected chi connectivity index (χ4v) is 2.85. The second-order valence-electron chi connectivity index (χ2n) is 7.14. The van der Waals surface area contributed by atoms with E-state index in [1.54, 1.807) is 37.5 Å². The van der Waals surface area contributed by atoms with E-state index < -0.39 is 23.7 Å². The van der Waals surface area contributed by atoms with Gasteiger partial charge < -0.3 is 10.6 Å². The lowest BCUT2D eigenvalue weighted by Gasteiger charge is -2.18. The van der Waals surface area contributed by atoms with Crippen molar-refractivity contribution >= 4 is 34.9 Å². The summed E-state index contributed by atoms with van der Waals surface area (Å²) >= 11 is 0. The molecule has 1 aromatic heterocycles. The predicted molar refractivity (Wildman–Crippen MR) is 118 cm³/mol. The van der Waals surface area contributed by atoms with Crippen LogP contribution < -0.4 is 20.9 Å². The molecule has 8 nitrogen and oxygen atoms in total. The number of nitrogens with two attached hydrogens (primary N) is 1. The van der Waals surface area contributed by atoms with Crippen molar-refractivity contribution in [1.29, 1.82) is 0 Å². The lowest BCUT2D eigenvalue weighted by molar-refractivity contribution is -0.543. The smallest absolute Gasteiger partial charge is 0.322 e. The molecule has 0 radical (unpaired) electrons. The zero-order valence-corrected chi connectivity index (χ0v) is 18.1. The fraction of sp³-hybridized carbons (Fsp3) is 0.182. The summed E-state index contributed by atoms with van der Waals surface area (Å²) in [6, 6.07) is 10.0. The van der Waals surface area contributed by atoms with Gasteiger partial charge in [0.2, 0.25) is 5.82 Å². The molecule has 0 spiro atoms. The first-order valence-electron chi connectivity index (χ1n) is 9.84. The van der Waals surface area contributed by atoms with Crippen LogP contribution in [0.4, 0.5) is 41.0 Å². The number of aromatic nitrogens is 2. The van der Waals surface area contributed by atoms with Crippen molar-refractivity contribution in [3.05, 3.63) is 71.5 Å². The van der Waals surface area contributed by atoms with E-state index >= 15 is 0 Å². The van der Waals surface area contributed by atoms with E-state index in [9.17, 15) is 22.8 Å². The number of anilines is 3. The molecule has 33 heavy (non-hydrogen) atoms. The van der Waals surface area contributed by atoms with E-state index in [1.807, 2.05) is 7.05 Å². The number of aryl methyl sites for hydroxylation is 1. The highest BCUT2D eigenvalue weighted by Crippen LogP contribution is 2.30. The predicted octanol–water partition coefficient (Wildman–Crippen LogP) is 3.55. The van der Waals surface area contributed by atoms with Gasteiger partial charge in [-0.25, -0.2) is 9.78 Å². The van der Waals surface area contributed by atoms with Crippen molar-refractivity contribution in [2.45, 2.75) is 13.1 Å². The molecule has 0 bridgehead atoms. The number of carbonyl (C=O) groups is 2. The Morgan fingerprint density at radius 2 is 1.70 bits per heavy atom. The average Bonchev–Trinajstić information content (AvgIpc) is 2.79. The molecule has 0 saturated heterocycles. The first kappa shape index (κ1) is 23.7. The quantitative estimate of drug-likeness (QED) is 0.543. The number of urea groups is 1. The molecule has 0 fully saturated rings. The number of nitrogens with zero attached hydrogens (tertiary/aromatic N) is 3. The Kier molecular flexibility index (Phi) is 6.92. The van der Waals surface area contributed by atoms with Crippen LogP contribution in [0.1, 0.15) is 21.5 Å². The van der Waals surface area contributed by atoms with Gasteiger partial charge in [0.1, 0.15) is 12.1 Å². The topological polar surface area (TPSA) is 104 Å². The van der Waals surface area contributed by atoms with E-state index in [0.29, 0.717) is 22.9 Å². The van der Waals surface area contributed by atoms with Crippen molar-refractivity contribution in [2.24, 2.45) is 0 Å². The molecular formula is C22H22F3N6O2+. The fourth-order valence-electron chi connectivity index (χ4n) is 2.85. The lowest BCUT2D eigenvalue weighted by atomic mass is 10.1. The second kappa shape index (κ2) is 9.65. The maximum Gasteiger partial charge on any atom is 0.416 e. The average molecular weight is 459 g/mol. The molecule has 11 heteroatoms. The number of hydrogen-bond acceptors (Lipinski definition) is 4. The van der Waals surface area contributed by atoms with Crippen LogP contribution in [-0.4, -0.2) is 36.0 Å². The van der Waals surface area contributed by atoms with Crippen LogP contribution in [0.15, 0.2) is 54.9 Å². The van der Waals surface area contributed by atoms with Gasteiger partial charge in [0, 0.05) is 24.0 Å². The van der Waals surface area contributed by atoms with Crippen LogP contribution >= 0.6 is 0 Å². The standard InChI is InChI=1S/C22H21F3N6O2/c1-13-4-5-14(20(32)29-16-8-6-15(7-9-16)22(23,24)25)10-17(13)30-21(33)31(3)19-11-18(26-2)27-12-28-19/h4-12H,1-3H3,(H,29,32)(H,30,33)(H,26,27,28)/p+1. The zero-order valence-electron chi connectivity index (χ0n) is 18.1. The van der Waals surface area contributed by atoms with Gasteiger partial charge in [0.25, 0.3) is 5.91 Å². The summed E-state index contributed by atoms with van der Waals surface area (Å²) < 4.78 is 38.1. The van der Waals surface area contributed by atoms with Crippen LogP contribution in [0.3, 0.4) is 0 Å². The van der Waals surface area contributed by atoms with Gasteiger partial charge in [-0.15, -0.1) is 0 Å². The molecule has 0 aliphatic carbocycles. The molecule has 0 saturated carbocycles. The molecule has 172 valence electrons. The minimum atomic E-state index is -4.46. The highest BCUT2D eigenvalue weighted by atomic mass is 19.4. The van der Waals surface area contributed by atoms with Crippen LogP contribution in [-0.2, 0) is 6.18 Å². The molecule has 0 aliphatic heterocycles. The molecule has 0 unspecified atom stereocenters. The minimum Gasteiger partial charge on any atom is -0.322 e. The number of halogens is 3. The zero-order chi connectivity index (χ0) is 24.2. The van der Waals surface area contributed by atoms with Crippen molar-refractivity contribution in [1.82, 2.24) is 9.97 Å². The van der Waals surface area contributed by atoms with Crippen LogP contribution in [0.5, 0.6) is 0 Å². The van der Waals surface area contributed by atoms with Crippen molar-refractivity contribution in [3.8, 4) is 0 Å². The van der Waals surface area contributed by atoms with Crippen LogP contribution in [0.25, 0.3) is 0 Å². The summed E-state index contributed by atoms with van der Waals surface area (Å²) in [5, 5.41) is 7.07. The third-order valence-electron chi connectivity index (χ3n) is 4.83. The number of alkyl halides is 3. The van der Waals surface area contributed by atoms with E-state index in [-0.39, 0.29) is 11.3 Å². The Morgan fingerprint density at radius 3 is 2.33 bits per heavy atom. The first-order chi connectivity index (χ1) is 15.6. The van der Waals surface area contributed by atoms with E-state index in [1.165, 1.54) is 29.4 Å². The Labute approximate surface area is 187 Å². The summed E-state index contributed by atoms with van der Waals surface area (Å²) in [6.07, 6.45) is -3.10. The third-order valence-corrected chi connectivity index (χ3v) is 4.83. The molecular weight excluding hydrogens is 437 g/mol. The minimum absolute atomic E-state index is 0.214. The molecule has 3 amide bonds. The summed E-state index contributed by atoms with van der Waals surface area (Å²) in [6.45, 7) is 1.77. The number of quaternary nitrogens is 1. The molecule has 1 heterocycles. The van der Waals surface area contributed by atoms with E-state index in [2.05, 4.69) is 20.6 Å². The van der Waals surface area contributed by atoms with Crippen molar-refractivity contribution in [2.75, 3.05) is 29.6 Å². The van der Waals surface area contributed by atoms with Gasteiger partial charge in [-0.3, -0.25) is 15.0 Å². The van der Waals surface area contributed by atoms with Crippen molar-refractivity contribution < 1.29 is 28.1 Å². The number of hydrogen-bond donors (Lipinski definition) is 3. The highest BCUT2D eigenvalue weighted by Gasteiger charge is 2.30. The van der Waals surface area contributed by atoms with Gasteiger partial charge in [-0.05, 0) is 48.9 Å². The molecule has 0 aliphatic rings. The summed E-state index contributed by atoms with van der Waals surface area (Å²) in [5.74, 6) is 0.528. The molecule has 2 aromatic carbocycles. The number of rotatable bonds is 5. The third kappa shape index (κ3) is 5.83. The van der Waals surface area contributed by atoms with Gasteiger partial charge in [0.05, 0.1) is 18.7 Å². The first-order valence-corrected chi connectivity index (χ1v) is 9.84.